The highest BCUT2D eigenvalue weighted by molar-refractivity contribution is 5.73. The Morgan fingerprint density at radius 1 is 1.00 bits per heavy atom. The minimum absolute atomic E-state index is 0.0483. The summed E-state index contributed by atoms with van der Waals surface area (Å²) in [4.78, 5) is 11.6. The molecule has 0 aromatic heterocycles. The van der Waals surface area contributed by atoms with Crippen molar-refractivity contribution in [3.05, 3.63) is 0 Å². The van der Waals surface area contributed by atoms with E-state index in [9.17, 15) is 9.90 Å². The fourth-order valence-corrected chi connectivity index (χ4v) is 8.52. The van der Waals surface area contributed by atoms with Crippen LogP contribution in [0.15, 0.2) is 0 Å². The highest BCUT2D eigenvalue weighted by Gasteiger charge is 2.60. The molecule has 0 aliphatic heterocycles. The molecule has 3 heteroatoms. The predicted octanol–water partition coefficient (Wildman–Crippen LogP) is 4.53. The first kappa shape index (κ1) is 18.8. The van der Waals surface area contributed by atoms with Crippen molar-refractivity contribution in [2.45, 2.75) is 97.6 Å². The third kappa shape index (κ3) is 2.75. The van der Waals surface area contributed by atoms with Gasteiger partial charge in [0.2, 0.25) is 5.91 Å². The normalized spacial score (nSPS) is 51.7. The van der Waals surface area contributed by atoms with E-state index in [0.29, 0.717) is 22.8 Å². The molecule has 0 radical (unpaired) electrons. The molecule has 0 aromatic carbocycles. The van der Waals surface area contributed by atoms with E-state index in [4.69, 9.17) is 0 Å². The minimum Gasteiger partial charge on any atom is -0.393 e. The molecule has 0 aromatic rings. The molecule has 26 heavy (non-hydrogen) atoms. The molecule has 6 unspecified atom stereocenters. The van der Waals surface area contributed by atoms with Gasteiger partial charge in [0, 0.05) is 13.0 Å². The number of aliphatic hydroxyl groups excluding tert-OH is 1. The van der Waals surface area contributed by atoms with Gasteiger partial charge in [-0.2, -0.15) is 0 Å². The fraction of sp³-hybridized carbons (Fsp3) is 0.957. The van der Waals surface area contributed by atoms with Gasteiger partial charge in [0.25, 0.3) is 0 Å². The molecule has 4 aliphatic carbocycles. The van der Waals surface area contributed by atoms with Crippen LogP contribution in [-0.4, -0.2) is 23.2 Å². The number of fused-ring (bicyclic) bond motifs is 5. The molecule has 4 rings (SSSR count). The Bertz CT molecular complexity index is 562. The van der Waals surface area contributed by atoms with Gasteiger partial charge in [0.1, 0.15) is 0 Å². The smallest absolute Gasteiger partial charge is 0.217 e. The number of aliphatic hydroxyl groups is 1. The summed E-state index contributed by atoms with van der Waals surface area (Å²) in [5.41, 5.74) is 0.866. The van der Waals surface area contributed by atoms with E-state index in [1.54, 1.807) is 6.92 Å². The van der Waals surface area contributed by atoms with Crippen LogP contribution in [0.4, 0.5) is 0 Å². The molecule has 4 aliphatic rings. The summed E-state index contributed by atoms with van der Waals surface area (Å²) >= 11 is 0. The van der Waals surface area contributed by atoms with Gasteiger partial charge in [-0.15, -0.1) is 0 Å². The van der Waals surface area contributed by atoms with Crippen LogP contribution in [0.1, 0.15) is 85.5 Å². The van der Waals surface area contributed by atoms with E-state index in [1.807, 2.05) is 0 Å². The summed E-state index contributed by atoms with van der Waals surface area (Å²) in [5, 5.41) is 13.4. The number of amides is 1. The van der Waals surface area contributed by atoms with Crippen LogP contribution in [0.25, 0.3) is 0 Å². The van der Waals surface area contributed by atoms with Crippen molar-refractivity contribution >= 4 is 5.91 Å². The lowest BCUT2D eigenvalue weighted by Crippen LogP contribution is -2.55. The Labute approximate surface area is 159 Å². The van der Waals surface area contributed by atoms with E-state index in [2.05, 4.69) is 26.1 Å². The van der Waals surface area contributed by atoms with Crippen LogP contribution in [0.3, 0.4) is 0 Å². The van der Waals surface area contributed by atoms with Crippen LogP contribution in [0, 0.1) is 40.4 Å². The van der Waals surface area contributed by atoms with Gasteiger partial charge in [-0.05, 0) is 105 Å². The summed E-state index contributed by atoms with van der Waals surface area (Å²) in [7, 11) is 0. The first-order valence-corrected chi connectivity index (χ1v) is 11.2. The summed E-state index contributed by atoms with van der Waals surface area (Å²) in [6.45, 7) is 8.99. The van der Waals surface area contributed by atoms with Gasteiger partial charge in [0.05, 0.1) is 6.10 Å². The lowest BCUT2D eigenvalue weighted by molar-refractivity contribution is -0.129. The molecule has 4 fully saturated rings. The topological polar surface area (TPSA) is 49.3 Å². The maximum Gasteiger partial charge on any atom is 0.217 e. The van der Waals surface area contributed by atoms with E-state index in [0.717, 1.165) is 36.5 Å². The van der Waals surface area contributed by atoms with Crippen molar-refractivity contribution in [1.82, 2.24) is 5.32 Å². The van der Waals surface area contributed by atoms with Gasteiger partial charge in [-0.3, -0.25) is 4.79 Å². The van der Waals surface area contributed by atoms with Crippen LogP contribution < -0.4 is 5.32 Å². The number of carbonyl (C=O) groups excluding carboxylic acids is 1. The van der Waals surface area contributed by atoms with Gasteiger partial charge >= 0.3 is 0 Å². The number of carbonyl (C=O) groups is 1. The molecular weight excluding hydrogens is 322 g/mol. The van der Waals surface area contributed by atoms with Gasteiger partial charge in [-0.1, -0.05) is 13.8 Å². The monoisotopic (exact) mass is 361 g/mol. The first-order valence-electron chi connectivity index (χ1n) is 11.2. The van der Waals surface area contributed by atoms with Gasteiger partial charge < -0.3 is 10.4 Å². The molecule has 0 spiro atoms. The Balaban J connectivity index is 1.55. The third-order valence-electron chi connectivity index (χ3n) is 9.75. The molecule has 148 valence electrons. The van der Waals surface area contributed by atoms with E-state index >= 15 is 0 Å². The van der Waals surface area contributed by atoms with Crippen molar-refractivity contribution in [3.8, 4) is 0 Å². The maximum atomic E-state index is 11.6. The molecule has 0 bridgehead atoms. The van der Waals surface area contributed by atoms with Crippen molar-refractivity contribution in [2.24, 2.45) is 40.4 Å². The predicted molar refractivity (Wildman–Crippen MR) is 105 cm³/mol. The average Bonchev–Trinajstić information content (AvgIpc) is 2.92. The first-order chi connectivity index (χ1) is 12.3. The van der Waals surface area contributed by atoms with Gasteiger partial charge in [-0.25, -0.2) is 0 Å². The SMILES string of the molecule is CC(=O)NC(C)C1CCC2C3CC[C@H]4CC(O)CC[C@]4(C)C3CC[C@]12C. The summed E-state index contributed by atoms with van der Waals surface area (Å²) in [6.07, 6.45) is 11.3. The van der Waals surface area contributed by atoms with Crippen molar-refractivity contribution in [2.75, 3.05) is 0 Å². The van der Waals surface area contributed by atoms with Crippen LogP contribution >= 0.6 is 0 Å². The zero-order valence-corrected chi connectivity index (χ0v) is 17.3. The fourth-order valence-electron chi connectivity index (χ4n) is 8.52. The molecule has 2 N–H and O–H groups in total. The standard InChI is InChI=1S/C23H39NO2/c1-14(24-15(2)25)19-7-8-20-18-6-5-16-13-17(26)9-11-22(16,3)21(18)10-12-23(19,20)4/h14,16-21,26H,5-13H2,1-4H3,(H,24,25)/t14?,16-,17?,18?,19?,20?,21?,22-,23+/m0/s1. The Kier molecular flexibility index (Phi) is 4.69. The Morgan fingerprint density at radius 2 is 1.69 bits per heavy atom. The highest BCUT2D eigenvalue weighted by Crippen LogP contribution is 2.67. The lowest BCUT2D eigenvalue weighted by atomic mass is 9.44. The summed E-state index contributed by atoms with van der Waals surface area (Å²) < 4.78 is 0. The van der Waals surface area contributed by atoms with Crippen LogP contribution in [0.5, 0.6) is 0 Å². The second-order valence-corrected chi connectivity index (χ2v) is 10.8. The van der Waals surface area contributed by atoms with E-state index in [1.165, 1.54) is 44.9 Å². The minimum atomic E-state index is -0.0483. The van der Waals surface area contributed by atoms with Gasteiger partial charge in [0.15, 0.2) is 0 Å². The van der Waals surface area contributed by atoms with E-state index < -0.39 is 0 Å². The Hall–Kier alpha value is -0.570. The zero-order valence-electron chi connectivity index (χ0n) is 17.3. The molecule has 1 amide bonds. The molecule has 9 atom stereocenters. The maximum absolute atomic E-state index is 11.6. The van der Waals surface area contributed by atoms with Crippen molar-refractivity contribution in [3.63, 3.8) is 0 Å². The van der Waals surface area contributed by atoms with Crippen LogP contribution in [0.2, 0.25) is 0 Å². The lowest BCUT2D eigenvalue weighted by Gasteiger charge is -2.61. The third-order valence-corrected chi connectivity index (χ3v) is 9.75. The highest BCUT2D eigenvalue weighted by atomic mass is 16.3. The largest absolute Gasteiger partial charge is 0.393 e. The number of hydrogen-bond acceptors (Lipinski definition) is 2. The number of rotatable bonds is 2. The van der Waals surface area contributed by atoms with Crippen molar-refractivity contribution < 1.29 is 9.90 Å². The second-order valence-electron chi connectivity index (χ2n) is 10.8. The number of nitrogens with one attached hydrogen (secondary N) is 1. The molecule has 0 heterocycles. The molecule has 0 saturated heterocycles. The molecular formula is C23H39NO2. The number of hydrogen-bond donors (Lipinski definition) is 2. The van der Waals surface area contributed by atoms with Crippen LogP contribution in [-0.2, 0) is 4.79 Å². The molecule has 4 saturated carbocycles. The second kappa shape index (κ2) is 6.50. The summed E-state index contributed by atoms with van der Waals surface area (Å²) in [5.74, 6) is 4.07. The Morgan fingerprint density at radius 3 is 2.42 bits per heavy atom. The summed E-state index contributed by atoms with van der Waals surface area (Å²) in [6, 6.07) is 0.302. The quantitative estimate of drug-likeness (QED) is 0.759. The van der Waals surface area contributed by atoms with Crippen molar-refractivity contribution in [1.29, 1.82) is 0 Å². The zero-order chi connectivity index (χ0) is 18.7. The average molecular weight is 362 g/mol. The molecule has 3 nitrogen and oxygen atoms in total. The van der Waals surface area contributed by atoms with E-state index in [-0.39, 0.29) is 12.0 Å².